The maximum absolute atomic E-state index is 13.8. The van der Waals surface area contributed by atoms with E-state index in [4.69, 9.17) is 43.1 Å². The maximum atomic E-state index is 13.8. The average molecular weight is 761 g/mol. The van der Waals surface area contributed by atoms with Gasteiger partial charge in [-0.1, -0.05) is 87.8 Å². The highest BCUT2D eigenvalue weighted by Crippen LogP contribution is 2.34. The van der Waals surface area contributed by atoms with Crippen molar-refractivity contribution < 1.29 is 38.2 Å². The number of amides is 2. The summed E-state index contributed by atoms with van der Waals surface area (Å²) < 4.78 is 17.6. The molecule has 0 saturated carbocycles. The second-order valence-corrected chi connectivity index (χ2v) is 15.0. The van der Waals surface area contributed by atoms with E-state index in [1.54, 1.807) is 51.1 Å². The van der Waals surface area contributed by atoms with Crippen LogP contribution >= 0.6 is 23.2 Å². The van der Waals surface area contributed by atoms with Crippen molar-refractivity contribution in [1.29, 1.82) is 0 Å². The first kappa shape index (κ1) is 42.5. The number of alkyl halides is 1. The largest absolute Gasteiger partial charge is 0.459 e. The van der Waals surface area contributed by atoms with Crippen LogP contribution < -0.4 is 16.4 Å². The summed E-state index contributed by atoms with van der Waals surface area (Å²) in [6.07, 6.45) is 0.424. The number of rotatable bonds is 11. The molecule has 1 aliphatic rings. The highest BCUT2D eigenvalue weighted by molar-refractivity contribution is 6.31. The molecule has 52 heavy (non-hydrogen) atoms. The Morgan fingerprint density at radius 3 is 2.37 bits per heavy atom. The minimum Gasteiger partial charge on any atom is -0.459 e. The lowest BCUT2D eigenvalue weighted by atomic mass is 9.90. The lowest BCUT2D eigenvalue weighted by Gasteiger charge is -2.34. The van der Waals surface area contributed by atoms with Crippen LogP contribution in [0.25, 0.3) is 0 Å². The van der Waals surface area contributed by atoms with E-state index < -0.39 is 77.3 Å². The van der Waals surface area contributed by atoms with Gasteiger partial charge < -0.3 is 30.6 Å². The molecule has 1 heterocycles. The van der Waals surface area contributed by atoms with Gasteiger partial charge in [-0.15, -0.1) is 11.6 Å². The first-order chi connectivity index (χ1) is 24.6. The topological polar surface area (TPSA) is 163 Å². The summed E-state index contributed by atoms with van der Waals surface area (Å²) in [5.74, 6) is -4.16. The SMILES string of the molecule is CCc1ccc(C[C@H]2NC(=O)/C=C/C[C@@H]([C@H](C)[C@@H](OC(=O)CN)[C@@H](Cl)c3ccccc3)OC(=O)[C@H](CC(C)C)OC(=O)C(C)(C)CNC2=O)cc1Cl. The first-order valence-corrected chi connectivity index (χ1v) is 18.4. The van der Waals surface area contributed by atoms with E-state index in [1.165, 1.54) is 12.2 Å². The lowest BCUT2D eigenvalue weighted by Crippen LogP contribution is -2.51. The second kappa shape index (κ2) is 19.8. The Balaban J connectivity index is 2.04. The van der Waals surface area contributed by atoms with E-state index >= 15 is 0 Å². The number of carbonyl (C=O) groups is 5. The Kier molecular flexibility index (Phi) is 16.2. The van der Waals surface area contributed by atoms with Crippen LogP contribution in [0, 0.1) is 17.3 Å². The predicted octanol–water partition coefficient (Wildman–Crippen LogP) is 5.39. The Morgan fingerprint density at radius 2 is 1.75 bits per heavy atom. The minimum absolute atomic E-state index is 0.0197. The third-order valence-corrected chi connectivity index (χ3v) is 9.73. The Bertz CT molecular complexity index is 1580. The number of nitrogens with one attached hydrogen (secondary N) is 2. The molecule has 0 aliphatic carbocycles. The lowest BCUT2D eigenvalue weighted by molar-refractivity contribution is -0.181. The van der Waals surface area contributed by atoms with Crippen molar-refractivity contribution in [2.45, 2.75) is 97.0 Å². The first-order valence-electron chi connectivity index (χ1n) is 17.6. The molecule has 0 aromatic heterocycles. The van der Waals surface area contributed by atoms with E-state index in [2.05, 4.69) is 10.6 Å². The highest BCUT2D eigenvalue weighted by Gasteiger charge is 2.40. The van der Waals surface area contributed by atoms with Crippen LogP contribution in [-0.2, 0) is 51.0 Å². The summed E-state index contributed by atoms with van der Waals surface area (Å²) in [5.41, 5.74) is 6.66. The zero-order valence-corrected chi connectivity index (χ0v) is 32.2. The van der Waals surface area contributed by atoms with E-state index in [-0.39, 0.29) is 31.7 Å². The molecule has 0 radical (unpaired) electrons. The van der Waals surface area contributed by atoms with Gasteiger partial charge in [0.15, 0.2) is 6.10 Å². The van der Waals surface area contributed by atoms with Crippen molar-refractivity contribution in [2.24, 2.45) is 23.0 Å². The fraction of sp³-hybridized carbons (Fsp3) is 0.513. The molecule has 4 N–H and O–H groups in total. The van der Waals surface area contributed by atoms with Gasteiger partial charge in [-0.2, -0.15) is 0 Å². The van der Waals surface area contributed by atoms with Crippen LogP contribution in [0.2, 0.25) is 5.02 Å². The normalized spacial score (nSPS) is 22.6. The van der Waals surface area contributed by atoms with E-state index in [0.717, 1.165) is 17.5 Å². The molecule has 0 spiro atoms. The maximum Gasteiger partial charge on any atom is 0.347 e. The van der Waals surface area contributed by atoms with Crippen molar-refractivity contribution in [1.82, 2.24) is 10.6 Å². The summed E-state index contributed by atoms with van der Waals surface area (Å²) in [7, 11) is 0. The molecule has 0 fully saturated rings. The molecule has 284 valence electrons. The summed E-state index contributed by atoms with van der Waals surface area (Å²) in [4.78, 5) is 66.8. The third kappa shape index (κ3) is 12.3. The highest BCUT2D eigenvalue weighted by atomic mass is 35.5. The molecule has 0 saturated heterocycles. The smallest absolute Gasteiger partial charge is 0.347 e. The monoisotopic (exact) mass is 759 g/mol. The van der Waals surface area contributed by atoms with Crippen LogP contribution in [0.15, 0.2) is 60.7 Å². The summed E-state index contributed by atoms with van der Waals surface area (Å²) >= 11 is 13.4. The third-order valence-electron chi connectivity index (χ3n) is 8.88. The molecule has 1 aliphatic heterocycles. The van der Waals surface area contributed by atoms with Crippen LogP contribution in [0.4, 0.5) is 0 Å². The fourth-order valence-electron chi connectivity index (χ4n) is 5.66. The Labute approximate surface area is 316 Å². The van der Waals surface area contributed by atoms with Gasteiger partial charge in [-0.3, -0.25) is 19.2 Å². The molecule has 2 aromatic carbocycles. The second-order valence-electron chi connectivity index (χ2n) is 14.1. The van der Waals surface area contributed by atoms with E-state index in [1.807, 2.05) is 39.0 Å². The quantitative estimate of drug-likeness (QED) is 0.155. The number of hydrogen-bond acceptors (Lipinski definition) is 9. The molecule has 0 bridgehead atoms. The number of carbonyl (C=O) groups excluding carboxylic acids is 5. The number of nitrogens with two attached hydrogens (primary N) is 1. The number of aryl methyl sites for hydroxylation is 1. The molecule has 0 unspecified atom stereocenters. The van der Waals surface area contributed by atoms with Crippen molar-refractivity contribution in [3.8, 4) is 0 Å². The van der Waals surface area contributed by atoms with Gasteiger partial charge in [-0.05, 0) is 61.4 Å². The zero-order chi connectivity index (χ0) is 38.6. The molecule has 11 nitrogen and oxygen atoms in total. The molecule has 2 aromatic rings. The van der Waals surface area contributed by atoms with Gasteiger partial charge >= 0.3 is 17.9 Å². The van der Waals surface area contributed by atoms with Crippen molar-refractivity contribution >= 4 is 52.9 Å². The Morgan fingerprint density at radius 1 is 1.06 bits per heavy atom. The number of halogens is 2. The van der Waals surface area contributed by atoms with Crippen LogP contribution in [-0.4, -0.2) is 67.2 Å². The average Bonchev–Trinajstić information content (AvgIpc) is 3.10. The predicted molar refractivity (Wildman–Crippen MR) is 199 cm³/mol. The standard InChI is InChI=1S/C39H51Cl2N3O8/c1-7-26-17-16-25(19-28(26)40)20-29-36(47)43-22-39(5,6)38(49)51-31(18-23(2)3)37(48)50-30(14-11-15-32(45)44-29)24(4)35(52-33(46)21-42)34(41)27-12-9-8-10-13-27/h8-13,15-17,19,23-24,29-31,34-35H,7,14,18,20-22,42H2,1-6H3,(H,43,47)(H,44,45)/b15-11+/t24-,29+,30-,31-,34-,35+/m0/s1. The summed E-state index contributed by atoms with van der Waals surface area (Å²) in [5, 5.41) is 5.21. The van der Waals surface area contributed by atoms with E-state index in [0.29, 0.717) is 10.6 Å². The molecular weight excluding hydrogens is 709 g/mol. The van der Waals surface area contributed by atoms with Gasteiger partial charge in [0.05, 0.1) is 17.3 Å². The van der Waals surface area contributed by atoms with Crippen LogP contribution in [0.3, 0.4) is 0 Å². The molecule has 2 amide bonds. The van der Waals surface area contributed by atoms with Gasteiger partial charge in [0.25, 0.3) is 0 Å². The number of benzene rings is 2. The summed E-state index contributed by atoms with van der Waals surface area (Å²) in [6.45, 7) is 10.1. The molecule has 3 rings (SSSR count). The van der Waals surface area contributed by atoms with Crippen LogP contribution in [0.1, 0.15) is 76.5 Å². The van der Waals surface area contributed by atoms with Gasteiger partial charge in [0, 0.05) is 30.3 Å². The number of ether oxygens (including phenoxy) is 3. The number of cyclic esters (lactones) is 2. The van der Waals surface area contributed by atoms with Gasteiger partial charge in [0.2, 0.25) is 11.8 Å². The molecular formula is C39H51Cl2N3O8. The Hall–Kier alpha value is -3.93. The molecule has 13 heteroatoms. The van der Waals surface area contributed by atoms with E-state index in [9.17, 15) is 24.0 Å². The van der Waals surface area contributed by atoms with Gasteiger partial charge in [0.1, 0.15) is 18.2 Å². The van der Waals surface area contributed by atoms with Crippen molar-refractivity contribution in [3.63, 3.8) is 0 Å². The van der Waals surface area contributed by atoms with Crippen LogP contribution in [0.5, 0.6) is 0 Å². The number of esters is 3. The molecule has 6 atom stereocenters. The minimum atomic E-state index is -1.29. The summed E-state index contributed by atoms with van der Waals surface area (Å²) in [6, 6.07) is 13.4. The fourth-order valence-corrected chi connectivity index (χ4v) is 6.42. The van der Waals surface area contributed by atoms with Crippen molar-refractivity contribution in [3.05, 3.63) is 82.4 Å². The van der Waals surface area contributed by atoms with Crippen molar-refractivity contribution in [2.75, 3.05) is 13.1 Å². The number of hydrogen-bond donors (Lipinski definition) is 3. The zero-order valence-electron chi connectivity index (χ0n) is 30.7. The van der Waals surface area contributed by atoms with Gasteiger partial charge in [-0.25, -0.2) is 4.79 Å².